The first-order valence-corrected chi connectivity index (χ1v) is 26.7. The van der Waals surface area contributed by atoms with Gasteiger partial charge in [-0.2, -0.15) is 0 Å². The molecule has 13 aromatic rings. The van der Waals surface area contributed by atoms with Gasteiger partial charge in [0.25, 0.3) is 0 Å². The Balaban J connectivity index is 0.782. The molecule has 0 radical (unpaired) electrons. The summed E-state index contributed by atoms with van der Waals surface area (Å²) in [5.41, 5.74) is 20.7. The van der Waals surface area contributed by atoms with Crippen LogP contribution < -0.4 is 9.80 Å². The third-order valence-corrected chi connectivity index (χ3v) is 14.8. The van der Waals surface area contributed by atoms with Gasteiger partial charge in [0.05, 0.1) is 22.7 Å². The first-order chi connectivity index (χ1) is 38.7. The molecule has 0 heterocycles. The molecule has 0 fully saturated rings. The fourth-order valence-electron chi connectivity index (χ4n) is 11.0. The molecule has 0 aliphatic rings. The molecule has 0 aromatic heterocycles. The summed E-state index contributed by atoms with van der Waals surface area (Å²) in [5.74, 6) is 0. The molecule has 0 aliphatic carbocycles. The van der Waals surface area contributed by atoms with Crippen molar-refractivity contribution >= 4 is 67.8 Å². The zero-order valence-electron chi connectivity index (χ0n) is 43.1. The Morgan fingerprint density at radius 1 is 0.192 bits per heavy atom. The predicted molar refractivity (Wildman–Crippen MR) is 333 cm³/mol. The summed E-state index contributed by atoms with van der Waals surface area (Å²) in [4.78, 5) is 4.83. The standard InChI is InChI=1S/C76H54N2/c1-5-21-58(22-6-1)69-29-13-17-33-73(69)77(74-34-18-14-30-70(74)59-23-7-2-8-24-59)67-48-45-57(46-49-67)64-44-43-62-51-55(39-41-65(62)53-64)37-38-56-40-42-66-54-68(50-47-63(66)52-56)78(75-35-19-15-31-71(75)60-25-9-3-10-26-60)76-36-20-16-32-72(76)61-27-11-4-12-28-61/h1-54H/b38-37+. The van der Waals surface area contributed by atoms with Crippen LogP contribution in [-0.4, -0.2) is 0 Å². The van der Waals surface area contributed by atoms with E-state index in [4.69, 9.17) is 0 Å². The van der Waals surface area contributed by atoms with E-state index in [-0.39, 0.29) is 0 Å². The summed E-state index contributed by atoms with van der Waals surface area (Å²) >= 11 is 0. The van der Waals surface area contributed by atoms with Crippen molar-refractivity contribution in [2.45, 2.75) is 0 Å². The minimum atomic E-state index is 1.09. The average molecular weight is 995 g/mol. The topological polar surface area (TPSA) is 6.48 Å². The van der Waals surface area contributed by atoms with Gasteiger partial charge >= 0.3 is 0 Å². The summed E-state index contributed by atoms with van der Waals surface area (Å²) in [7, 11) is 0. The van der Waals surface area contributed by atoms with Gasteiger partial charge in [0.1, 0.15) is 0 Å². The highest BCUT2D eigenvalue weighted by Gasteiger charge is 2.22. The number of fused-ring (bicyclic) bond motifs is 2. The molecule has 0 aliphatic heterocycles. The van der Waals surface area contributed by atoms with E-state index in [1.165, 1.54) is 77.2 Å². The first-order valence-electron chi connectivity index (χ1n) is 26.7. The van der Waals surface area contributed by atoms with Gasteiger partial charge in [0, 0.05) is 33.6 Å². The van der Waals surface area contributed by atoms with Crippen molar-refractivity contribution in [1.82, 2.24) is 0 Å². The van der Waals surface area contributed by atoms with E-state index in [0.29, 0.717) is 0 Å². The van der Waals surface area contributed by atoms with Crippen LogP contribution in [0.4, 0.5) is 34.1 Å². The molecular weight excluding hydrogens is 941 g/mol. The maximum absolute atomic E-state index is 2.42. The molecule has 13 rings (SSSR count). The molecule has 0 atom stereocenters. The number of benzene rings is 13. The molecule has 78 heavy (non-hydrogen) atoms. The lowest BCUT2D eigenvalue weighted by Crippen LogP contribution is -2.12. The van der Waals surface area contributed by atoms with Crippen LogP contribution in [-0.2, 0) is 0 Å². The van der Waals surface area contributed by atoms with Gasteiger partial charge in [-0.15, -0.1) is 0 Å². The van der Waals surface area contributed by atoms with E-state index in [0.717, 1.165) is 45.3 Å². The molecule has 13 aromatic carbocycles. The molecule has 368 valence electrons. The quantitative estimate of drug-likeness (QED) is 0.106. The van der Waals surface area contributed by atoms with Crippen molar-refractivity contribution in [3.8, 4) is 55.6 Å². The van der Waals surface area contributed by atoms with E-state index in [2.05, 4.69) is 337 Å². The molecule has 0 saturated heterocycles. The SMILES string of the molecule is C(=C\c1ccc2cc(N(c3ccccc3-c3ccccc3)c3ccccc3-c3ccccc3)ccc2c1)/c1ccc2cc(-c3ccc(N(c4ccccc4-c4ccccc4)c4ccccc4-c4ccccc4)cc3)ccc2c1. The molecule has 0 spiro atoms. The van der Waals surface area contributed by atoms with Crippen LogP contribution in [0.5, 0.6) is 0 Å². The van der Waals surface area contributed by atoms with Crippen molar-refractivity contribution in [2.24, 2.45) is 0 Å². The number of hydrogen-bond donors (Lipinski definition) is 0. The number of nitrogens with zero attached hydrogens (tertiary/aromatic N) is 2. The summed E-state index contributed by atoms with van der Waals surface area (Å²) in [6, 6.07) is 114. The molecule has 0 amide bonds. The predicted octanol–water partition coefficient (Wildman–Crippen LogP) is 21.4. The number of hydrogen-bond acceptors (Lipinski definition) is 2. The third kappa shape index (κ3) is 9.67. The molecule has 0 N–H and O–H groups in total. The molecule has 0 saturated carbocycles. The van der Waals surface area contributed by atoms with Crippen LogP contribution in [0, 0.1) is 0 Å². The second kappa shape index (κ2) is 21.5. The lowest BCUT2D eigenvalue weighted by molar-refractivity contribution is 1.28. The Kier molecular flexibility index (Phi) is 13.1. The highest BCUT2D eigenvalue weighted by Crippen LogP contribution is 2.47. The molecular formula is C76H54N2. The van der Waals surface area contributed by atoms with Crippen molar-refractivity contribution in [3.05, 3.63) is 327 Å². The van der Waals surface area contributed by atoms with Crippen LogP contribution >= 0.6 is 0 Å². The minimum Gasteiger partial charge on any atom is -0.309 e. The Bertz CT molecular complexity index is 4080. The van der Waals surface area contributed by atoms with Crippen LogP contribution in [0.2, 0.25) is 0 Å². The van der Waals surface area contributed by atoms with Gasteiger partial charge in [-0.1, -0.05) is 261 Å². The van der Waals surface area contributed by atoms with Crippen molar-refractivity contribution in [3.63, 3.8) is 0 Å². The second-order valence-electron chi connectivity index (χ2n) is 19.7. The summed E-state index contributed by atoms with van der Waals surface area (Å²) in [6.45, 7) is 0. The Morgan fingerprint density at radius 2 is 0.487 bits per heavy atom. The van der Waals surface area contributed by atoms with Crippen molar-refractivity contribution < 1.29 is 0 Å². The first kappa shape index (κ1) is 47.4. The molecule has 0 unspecified atom stereocenters. The van der Waals surface area contributed by atoms with Gasteiger partial charge in [-0.05, 0) is 133 Å². The van der Waals surface area contributed by atoms with Crippen molar-refractivity contribution in [1.29, 1.82) is 0 Å². The molecule has 2 heteroatoms. The zero-order chi connectivity index (χ0) is 52.0. The summed E-state index contributed by atoms with van der Waals surface area (Å²) < 4.78 is 0. The molecule has 0 bridgehead atoms. The van der Waals surface area contributed by atoms with Crippen LogP contribution in [0.25, 0.3) is 89.3 Å². The fraction of sp³-hybridized carbons (Fsp3) is 0. The van der Waals surface area contributed by atoms with Gasteiger partial charge in [-0.25, -0.2) is 0 Å². The molecule has 2 nitrogen and oxygen atoms in total. The van der Waals surface area contributed by atoms with Gasteiger partial charge < -0.3 is 9.80 Å². The van der Waals surface area contributed by atoms with Gasteiger partial charge in [0.15, 0.2) is 0 Å². The summed E-state index contributed by atoms with van der Waals surface area (Å²) in [6.07, 6.45) is 4.45. The van der Waals surface area contributed by atoms with Crippen LogP contribution in [0.1, 0.15) is 11.1 Å². The highest BCUT2D eigenvalue weighted by molar-refractivity contribution is 5.98. The largest absolute Gasteiger partial charge is 0.309 e. The van der Waals surface area contributed by atoms with Gasteiger partial charge in [-0.3, -0.25) is 0 Å². The lowest BCUT2D eigenvalue weighted by atomic mass is 9.97. The van der Waals surface area contributed by atoms with E-state index in [9.17, 15) is 0 Å². The maximum Gasteiger partial charge on any atom is 0.0540 e. The Labute approximate surface area is 457 Å². The van der Waals surface area contributed by atoms with Gasteiger partial charge in [0.2, 0.25) is 0 Å². The van der Waals surface area contributed by atoms with E-state index < -0.39 is 0 Å². The van der Waals surface area contributed by atoms with Crippen molar-refractivity contribution in [2.75, 3.05) is 9.80 Å². The monoisotopic (exact) mass is 994 g/mol. The number of anilines is 6. The number of rotatable bonds is 13. The second-order valence-corrected chi connectivity index (χ2v) is 19.7. The van der Waals surface area contributed by atoms with E-state index in [1.807, 2.05) is 0 Å². The Hall–Kier alpha value is -10.3. The van der Waals surface area contributed by atoms with Crippen LogP contribution in [0.15, 0.2) is 315 Å². The van der Waals surface area contributed by atoms with Crippen LogP contribution in [0.3, 0.4) is 0 Å². The average Bonchev–Trinajstić information content (AvgIpc) is 3.66. The zero-order valence-corrected chi connectivity index (χ0v) is 43.1. The Morgan fingerprint density at radius 3 is 0.897 bits per heavy atom. The normalized spacial score (nSPS) is 11.3. The lowest BCUT2D eigenvalue weighted by Gasteiger charge is -2.30. The number of para-hydroxylation sites is 4. The maximum atomic E-state index is 2.42. The third-order valence-electron chi connectivity index (χ3n) is 14.8. The fourth-order valence-corrected chi connectivity index (χ4v) is 11.0. The minimum absolute atomic E-state index is 1.09. The van der Waals surface area contributed by atoms with E-state index in [1.54, 1.807) is 0 Å². The van der Waals surface area contributed by atoms with E-state index >= 15 is 0 Å². The summed E-state index contributed by atoms with van der Waals surface area (Å²) in [5, 5.41) is 4.78. The smallest absolute Gasteiger partial charge is 0.0540 e. The highest BCUT2D eigenvalue weighted by atomic mass is 15.2.